The van der Waals surface area contributed by atoms with Crippen LogP contribution in [0.3, 0.4) is 0 Å². The van der Waals surface area contributed by atoms with Gasteiger partial charge in [-0.25, -0.2) is 0 Å². The van der Waals surface area contributed by atoms with Crippen LogP contribution in [0.4, 0.5) is 0 Å². The predicted octanol–water partition coefficient (Wildman–Crippen LogP) is 3.05. The zero-order valence-corrected chi connectivity index (χ0v) is 13.6. The van der Waals surface area contributed by atoms with Crippen LogP contribution in [0.5, 0.6) is 0 Å². The normalized spacial score (nSPS) is 26.6. The van der Waals surface area contributed by atoms with E-state index in [-0.39, 0.29) is 11.3 Å². The first-order chi connectivity index (χ1) is 9.54. The number of hydrogen-bond acceptors (Lipinski definition) is 2. The molecule has 1 atom stereocenters. The van der Waals surface area contributed by atoms with E-state index in [9.17, 15) is 4.79 Å². The highest BCUT2D eigenvalue weighted by molar-refractivity contribution is 5.80. The van der Waals surface area contributed by atoms with E-state index < -0.39 is 0 Å². The number of hydrogen-bond donors (Lipinski definition) is 1. The number of carbonyl (C=O) groups excluding carboxylic acids is 1. The van der Waals surface area contributed by atoms with Gasteiger partial charge >= 0.3 is 0 Å². The highest BCUT2D eigenvalue weighted by atomic mass is 16.2. The van der Waals surface area contributed by atoms with Crippen LogP contribution in [0.1, 0.15) is 59.3 Å². The molecule has 1 aliphatic carbocycles. The van der Waals surface area contributed by atoms with Crippen molar-refractivity contribution in [3.8, 4) is 0 Å². The summed E-state index contributed by atoms with van der Waals surface area (Å²) in [6.45, 7) is 10.9. The van der Waals surface area contributed by atoms with Gasteiger partial charge in [-0.05, 0) is 56.5 Å². The molecule has 0 radical (unpaired) electrons. The van der Waals surface area contributed by atoms with Crippen LogP contribution in [-0.2, 0) is 4.79 Å². The summed E-state index contributed by atoms with van der Waals surface area (Å²) < 4.78 is 0. The summed E-state index contributed by atoms with van der Waals surface area (Å²) in [5.74, 6) is 1.40. The molecule has 2 aliphatic rings. The Morgan fingerprint density at radius 1 is 1.25 bits per heavy atom. The Morgan fingerprint density at radius 3 is 2.50 bits per heavy atom. The van der Waals surface area contributed by atoms with Gasteiger partial charge in [0.1, 0.15) is 0 Å². The summed E-state index contributed by atoms with van der Waals surface area (Å²) in [6, 6.07) is 0. The van der Waals surface area contributed by atoms with Crippen molar-refractivity contribution < 1.29 is 4.79 Å². The minimum atomic E-state index is 0.206. The molecule has 1 N–H and O–H groups in total. The van der Waals surface area contributed by atoms with Crippen molar-refractivity contribution >= 4 is 5.91 Å². The lowest BCUT2D eigenvalue weighted by molar-refractivity contribution is -0.139. The van der Waals surface area contributed by atoms with Gasteiger partial charge in [0, 0.05) is 19.0 Å². The lowest BCUT2D eigenvalue weighted by Gasteiger charge is -2.35. The van der Waals surface area contributed by atoms with Crippen molar-refractivity contribution in [3.63, 3.8) is 0 Å². The van der Waals surface area contributed by atoms with Crippen LogP contribution in [0, 0.1) is 17.3 Å². The molecule has 2 fully saturated rings. The Balaban J connectivity index is 1.97. The van der Waals surface area contributed by atoms with Gasteiger partial charge in [-0.2, -0.15) is 0 Å². The molecule has 0 aromatic heterocycles. The van der Waals surface area contributed by atoms with Gasteiger partial charge in [0.2, 0.25) is 5.91 Å². The van der Waals surface area contributed by atoms with E-state index in [0.717, 1.165) is 39.0 Å². The fourth-order valence-electron chi connectivity index (χ4n) is 3.94. The maximum Gasteiger partial charge on any atom is 0.226 e. The molecule has 1 aliphatic heterocycles. The Kier molecular flexibility index (Phi) is 5.48. The molecule has 1 heterocycles. The van der Waals surface area contributed by atoms with Crippen LogP contribution < -0.4 is 5.32 Å². The van der Waals surface area contributed by atoms with E-state index in [2.05, 4.69) is 31.0 Å². The van der Waals surface area contributed by atoms with Crippen molar-refractivity contribution in [2.45, 2.75) is 59.3 Å². The Morgan fingerprint density at radius 2 is 1.95 bits per heavy atom. The first kappa shape index (κ1) is 15.8. The number of nitrogens with one attached hydrogen (secondary N) is 1. The van der Waals surface area contributed by atoms with Gasteiger partial charge in [-0.15, -0.1) is 0 Å². The standard InChI is InChI=1S/C17H32N2O/c1-4-12-19(13-14-7-10-18-11-8-14)16(20)15-6-5-9-17(15,2)3/h14-15,18H,4-13H2,1-3H3. The molecule has 116 valence electrons. The van der Waals surface area contributed by atoms with E-state index in [4.69, 9.17) is 0 Å². The second-order valence-electron chi connectivity index (χ2n) is 7.41. The van der Waals surface area contributed by atoms with Gasteiger partial charge in [0.15, 0.2) is 0 Å². The number of nitrogens with zero attached hydrogens (tertiary/aromatic N) is 1. The van der Waals surface area contributed by atoms with Gasteiger partial charge in [0.05, 0.1) is 0 Å². The average Bonchev–Trinajstić information content (AvgIpc) is 2.78. The van der Waals surface area contributed by atoms with Crippen molar-refractivity contribution in [2.75, 3.05) is 26.2 Å². The van der Waals surface area contributed by atoms with E-state index in [0.29, 0.717) is 11.8 Å². The van der Waals surface area contributed by atoms with Crippen molar-refractivity contribution in [2.24, 2.45) is 17.3 Å². The van der Waals surface area contributed by atoms with Crippen LogP contribution >= 0.6 is 0 Å². The minimum absolute atomic E-state index is 0.206. The third kappa shape index (κ3) is 3.75. The number of carbonyl (C=O) groups is 1. The number of amides is 1. The van der Waals surface area contributed by atoms with Gasteiger partial charge in [-0.3, -0.25) is 4.79 Å². The molecule has 0 spiro atoms. The molecule has 3 heteroatoms. The molecule has 0 aromatic rings. The predicted molar refractivity (Wildman–Crippen MR) is 83.6 cm³/mol. The summed E-state index contributed by atoms with van der Waals surface area (Å²) in [6.07, 6.45) is 7.04. The van der Waals surface area contributed by atoms with Crippen molar-refractivity contribution in [1.29, 1.82) is 0 Å². The smallest absolute Gasteiger partial charge is 0.226 e. The SMILES string of the molecule is CCCN(CC1CCNCC1)C(=O)C1CCCC1(C)C. The second-order valence-corrected chi connectivity index (χ2v) is 7.41. The monoisotopic (exact) mass is 280 g/mol. The van der Waals surface area contributed by atoms with Crippen LogP contribution in [0.15, 0.2) is 0 Å². The van der Waals surface area contributed by atoms with Gasteiger partial charge < -0.3 is 10.2 Å². The molecule has 3 nitrogen and oxygen atoms in total. The molecule has 2 rings (SSSR count). The fourth-order valence-corrected chi connectivity index (χ4v) is 3.94. The van der Waals surface area contributed by atoms with Crippen molar-refractivity contribution in [3.05, 3.63) is 0 Å². The van der Waals surface area contributed by atoms with Gasteiger partial charge in [-0.1, -0.05) is 27.2 Å². The van der Waals surface area contributed by atoms with Gasteiger partial charge in [0.25, 0.3) is 0 Å². The van der Waals surface area contributed by atoms with Crippen molar-refractivity contribution in [1.82, 2.24) is 10.2 Å². The summed E-state index contributed by atoms with van der Waals surface area (Å²) in [5.41, 5.74) is 0.206. The highest BCUT2D eigenvalue weighted by Crippen LogP contribution is 2.43. The fraction of sp³-hybridized carbons (Fsp3) is 0.941. The summed E-state index contributed by atoms with van der Waals surface area (Å²) in [5, 5.41) is 3.41. The lowest BCUT2D eigenvalue weighted by atomic mass is 9.81. The third-order valence-electron chi connectivity index (χ3n) is 5.30. The van der Waals surface area contributed by atoms with Crippen LogP contribution in [-0.4, -0.2) is 37.0 Å². The molecule has 0 aromatic carbocycles. The lowest BCUT2D eigenvalue weighted by Crippen LogP contribution is -2.44. The summed E-state index contributed by atoms with van der Waals surface area (Å²) in [4.78, 5) is 15.1. The van der Waals surface area contributed by atoms with E-state index in [1.54, 1.807) is 0 Å². The maximum absolute atomic E-state index is 12.9. The second kappa shape index (κ2) is 6.93. The highest BCUT2D eigenvalue weighted by Gasteiger charge is 2.41. The van der Waals surface area contributed by atoms with Crippen LogP contribution in [0.25, 0.3) is 0 Å². The quantitative estimate of drug-likeness (QED) is 0.839. The maximum atomic E-state index is 12.9. The van der Waals surface area contributed by atoms with E-state index >= 15 is 0 Å². The molecule has 1 saturated heterocycles. The Hall–Kier alpha value is -0.570. The average molecular weight is 280 g/mol. The number of rotatable bonds is 5. The largest absolute Gasteiger partial charge is 0.342 e. The number of piperidine rings is 1. The minimum Gasteiger partial charge on any atom is -0.342 e. The van der Waals surface area contributed by atoms with E-state index in [1.807, 2.05) is 0 Å². The molecule has 20 heavy (non-hydrogen) atoms. The van der Waals surface area contributed by atoms with Crippen LogP contribution in [0.2, 0.25) is 0 Å². The Bertz CT molecular complexity index is 321. The molecule has 1 saturated carbocycles. The molecule has 0 bridgehead atoms. The Labute approximate surface area is 124 Å². The zero-order chi connectivity index (χ0) is 14.6. The topological polar surface area (TPSA) is 32.3 Å². The summed E-state index contributed by atoms with van der Waals surface area (Å²) in [7, 11) is 0. The molecule has 1 unspecified atom stereocenters. The summed E-state index contributed by atoms with van der Waals surface area (Å²) >= 11 is 0. The zero-order valence-electron chi connectivity index (χ0n) is 13.6. The van der Waals surface area contributed by atoms with E-state index in [1.165, 1.54) is 25.7 Å². The molecular formula is C17H32N2O. The first-order valence-corrected chi connectivity index (χ1v) is 8.54. The molecular weight excluding hydrogens is 248 g/mol. The first-order valence-electron chi connectivity index (χ1n) is 8.54. The molecule has 1 amide bonds. The third-order valence-corrected chi connectivity index (χ3v) is 5.30.